The summed E-state index contributed by atoms with van der Waals surface area (Å²) in [5.41, 5.74) is 0. The molecule has 1 fully saturated rings. The van der Waals surface area contributed by atoms with Gasteiger partial charge in [-0.05, 0) is 13.8 Å². The van der Waals surface area contributed by atoms with Crippen molar-refractivity contribution >= 4 is 12.6 Å². The molecule has 1 saturated heterocycles. The van der Waals surface area contributed by atoms with E-state index in [0.717, 1.165) is 13.2 Å². The van der Waals surface area contributed by atoms with Gasteiger partial charge in [0.2, 0.25) is 0 Å². The topological polar surface area (TPSA) is 21.3 Å². The van der Waals surface area contributed by atoms with Gasteiger partial charge in [-0.15, -0.1) is 0 Å². The van der Waals surface area contributed by atoms with Crippen molar-refractivity contribution in [2.45, 2.75) is 24.8 Å². The molecule has 0 aliphatic carbocycles. The first-order chi connectivity index (χ1) is 4.11. The van der Waals surface area contributed by atoms with Crippen LogP contribution in [0.1, 0.15) is 13.8 Å². The van der Waals surface area contributed by atoms with E-state index in [2.05, 4.69) is 17.9 Å². The largest absolute Gasteiger partial charge is 0.361 e. The van der Waals surface area contributed by atoms with Crippen molar-refractivity contribution in [2.24, 2.45) is 0 Å². The van der Waals surface area contributed by atoms with Crippen LogP contribution in [-0.2, 0) is 4.74 Å². The summed E-state index contributed by atoms with van der Waals surface area (Å²) in [6.07, 6.45) is 0.126. The van der Waals surface area contributed by atoms with Crippen molar-refractivity contribution in [1.82, 2.24) is 5.32 Å². The van der Waals surface area contributed by atoms with Crippen LogP contribution in [0.4, 0.5) is 0 Å². The maximum atomic E-state index is 5.33. The molecule has 0 radical (unpaired) electrons. The molecule has 1 heterocycles. The summed E-state index contributed by atoms with van der Waals surface area (Å²) < 4.78 is 5.27. The first-order valence-electron chi connectivity index (χ1n) is 3.18. The number of nitrogens with one attached hydrogen (secondary N) is 1. The third-order valence-corrected chi connectivity index (χ3v) is 1.59. The van der Waals surface area contributed by atoms with E-state index in [4.69, 9.17) is 4.74 Å². The van der Waals surface area contributed by atoms with Gasteiger partial charge >= 0.3 is 0 Å². The summed E-state index contributed by atoms with van der Waals surface area (Å²) in [4.78, 5) is 0. The van der Waals surface area contributed by atoms with Gasteiger partial charge in [0.15, 0.2) is 0 Å². The molecule has 3 heteroatoms. The molecule has 0 aromatic carbocycles. The highest BCUT2D eigenvalue weighted by molar-refractivity contribution is 7.81. The Morgan fingerprint density at radius 2 is 2.33 bits per heavy atom. The zero-order valence-electron chi connectivity index (χ0n) is 5.85. The molecule has 0 spiro atoms. The van der Waals surface area contributed by atoms with Crippen LogP contribution < -0.4 is 5.32 Å². The first-order valence-corrected chi connectivity index (χ1v) is 3.63. The van der Waals surface area contributed by atoms with E-state index >= 15 is 0 Å². The lowest BCUT2D eigenvalue weighted by atomic mass is 10.2. The Bertz CT molecular complexity index is 93.7. The number of hydrogen-bond acceptors (Lipinski definition) is 3. The maximum absolute atomic E-state index is 5.33. The SMILES string of the molecule is CC(C)(S)C1NCCO1. The summed E-state index contributed by atoms with van der Waals surface area (Å²) >= 11 is 4.36. The number of thiol groups is 1. The molecule has 9 heavy (non-hydrogen) atoms. The molecule has 0 aromatic rings. The minimum absolute atomic E-state index is 0.0590. The van der Waals surface area contributed by atoms with E-state index in [9.17, 15) is 0 Å². The van der Waals surface area contributed by atoms with Crippen LogP contribution in [-0.4, -0.2) is 24.1 Å². The van der Waals surface area contributed by atoms with E-state index in [0.29, 0.717) is 0 Å². The van der Waals surface area contributed by atoms with Crippen molar-refractivity contribution in [1.29, 1.82) is 0 Å². The van der Waals surface area contributed by atoms with Gasteiger partial charge in [0, 0.05) is 11.3 Å². The summed E-state index contributed by atoms with van der Waals surface area (Å²) in [7, 11) is 0. The van der Waals surface area contributed by atoms with Crippen LogP contribution >= 0.6 is 12.6 Å². The normalized spacial score (nSPS) is 29.0. The van der Waals surface area contributed by atoms with Gasteiger partial charge in [0.25, 0.3) is 0 Å². The van der Waals surface area contributed by atoms with Gasteiger partial charge in [-0.2, -0.15) is 12.6 Å². The second kappa shape index (κ2) is 2.48. The molecule has 1 unspecified atom stereocenters. The minimum atomic E-state index is -0.0590. The van der Waals surface area contributed by atoms with E-state index in [1.807, 2.05) is 13.8 Å². The molecule has 54 valence electrons. The molecule has 1 atom stereocenters. The minimum Gasteiger partial charge on any atom is -0.361 e. The third kappa shape index (κ3) is 1.85. The Hall–Kier alpha value is 0.270. The lowest BCUT2D eigenvalue weighted by Gasteiger charge is -2.24. The fourth-order valence-electron chi connectivity index (χ4n) is 0.879. The maximum Gasteiger partial charge on any atom is 0.122 e. The van der Waals surface area contributed by atoms with Crippen molar-refractivity contribution in [3.8, 4) is 0 Å². The van der Waals surface area contributed by atoms with Crippen LogP contribution in [0.2, 0.25) is 0 Å². The molecule has 0 bridgehead atoms. The van der Waals surface area contributed by atoms with Gasteiger partial charge < -0.3 is 4.74 Å². The number of rotatable bonds is 1. The fourth-order valence-corrected chi connectivity index (χ4v) is 1.05. The summed E-state index contributed by atoms with van der Waals surface area (Å²) in [6, 6.07) is 0. The van der Waals surface area contributed by atoms with Crippen LogP contribution in [0.3, 0.4) is 0 Å². The molecule has 1 aliphatic rings. The fraction of sp³-hybridized carbons (Fsp3) is 1.00. The molecule has 1 N–H and O–H groups in total. The molecule has 0 saturated carbocycles. The number of ether oxygens (including phenoxy) is 1. The zero-order chi connectivity index (χ0) is 6.91. The van der Waals surface area contributed by atoms with Crippen molar-refractivity contribution in [3.05, 3.63) is 0 Å². The van der Waals surface area contributed by atoms with Gasteiger partial charge in [0.1, 0.15) is 6.23 Å². The highest BCUT2D eigenvalue weighted by Crippen LogP contribution is 2.20. The van der Waals surface area contributed by atoms with Crippen LogP contribution in [0, 0.1) is 0 Å². The van der Waals surface area contributed by atoms with Crippen LogP contribution in [0.5, 0.6) is 0 Å². The van der Waals surface area contributed by atoms with E-state index in [1.165, 1.54) is 0 Å². The molecular weight excluding hydrogens is 134 g/mol. The highest BCUT2D eigenvalue weighted by atomic mass is 32.1. The Morgan fingerprint density at radius 1 is 1.67 bits per heavy atom. The van der Waals surface area contributed by atoms with E-state index in [-0.39, 0.29) is 11.0 Å². The molecule has 1 rings (SSSR count). The molecule has 0 aromatic heterocycles. The Kier molecular flexibility index (Phi) is 2.03. The lowest BCUT2D eigenvalue weighted by molar-refractivity contribution is 0.0784. The standard InChI is InChI=1S/C6H13NOS/c1-6(2,9)5-7-3-4-8-5/h5,7,9H,3-4H2,1-2H3. The van der Waals surface area contributed by atoms with E-state index < -0.39 is 0 Å². The Labute approximate surface area is 61.4 Å². The average molecular weight is 147 g/mol. The monoisotopic (exact) mass is 147 g/mol. The highest BCUT2D eigenvalue weighted by Gasteiger charge is 2.28. The van der Waals surface area contributed by atoms with Gasteiger partial charge in [-0.3, -0.25) is 5.32 Å². The van der Waals surface area contributed by atoms with Crippen molar-refractivity contribution in [3.63, 3.8) is 0 Å². The third-order valence-electron chi connectivity index (χ3n) is 1.36. The number of hydrogen-bond donors (Lipinski definition) is 2. The Balaban J connectivity index is 2.42. The van der Waals surface area contributed by atoms with Crippen molar-refractivity contribution < 1.29 is 4.74 Å². The summed E-state index contributed by atoms with van der Waals surface area (Å²) in [5.74, 6) is 0. The van der Waals surface area contributed by atoms with Gasteiger partial charge in [-0.1, -0.05) is 0 Å². The van der Waals surface area contributed by atoms with Gasteiger partial charge in [-0.25, -0.2) is 0 Å². The second-order valence-corrected chi connectivity index (χ2v) is 4.01. The smallest absolute Gasteiger partial charge is 0.122 e. The quantitative estimate of drug-likeness (QED) is 0.531. The second-order valence-electron chi connectivity index (χ2n) is 2.86. The Morgan fingerprint density at radius 3 is 2.56 bits per heavy atom. The average Bonchev–Trinajstić information content (AvgIpc) is 2.08. The molecule has 1 aliphatic heterocycles. The van der Waals surface area contributed by atoms with Gasteiger partial charge in [0.05, 0.1) is 6.61 Å². The first kappa shape index (κ1) is 7.38. The zero-order valence-corrected chi connectivity index (χ0v) is 6.74. The predicted octanol–water partition coefficient (Wildman–Crippen LogP) is 0.641. The predicted molar refractivity (Wildman–Crippen MR) is 40.8 cm³/mol. The molecular formula is C6H13NOS. The molecule has 2 nitrogen and oxygen atoms in total. The van der Waals surface area contributed by atoms with Crippen LogP contribution in [0.15, 0.2) is 0 Å². The summed E-state index contributed by atoms with van der Waals surface area (Å²) in [6.45, 7) is 5.85. The van der Waals surface area contributed by atoms with E-state index in [1.54, 1.807) is 0 Å². The van der Waals surface area contributed by atoms with Crippen molar-refractivity contribution in [2.75, 3.05) is 13.2 Å². The summed E-state index contributed by atoms with van der Waals surface area (Å²) in [5, 5.41) is 3.20. The molecule has 0 amide bonds. The lowest BCUT2D eigenvalue weighted by Crippen LogP contribution is -2.39. The van der Waals surface area contributed by atoms with Crippen LogP contribution in [0.25, 0.3) is 0 Å².